The Morgan fingerprint density at radius 1 is 0.267 bits per heavy atom. The summed E-state index contributed by atoms with van der Waals surface area (Å²) in [6.07, 6.45) is 0. The summed E-state index contributed by atoms with van der Waals surface area (Å²) >= 11 is 0. The number of hydrogen-bond donors (Lipinski definition) is 0. The third-order valence-corrected chi connectivity index (χ3v) is 11.3. The Hall–Kier alpha value is -7.81. The molecule has 0 heterocycles. The monoisotopic (exact) mass is 769 g/mol. The van der Waals surface area contributed by atoms with Crippen molar-refractivity contribution < 1.29 is 4.39 Å². The fourth-order valence-electron chi connectivity index (χ4n) is 8.44. The molecule has 2 heteroatoms. The van der Waals surface area contributed by atoms with Gasteiger partial charge in [0.05, 0.1) is 5.69 Å². The number of anilines is 3. The van der Waals surface area contributed by atoms with E-state index in [4.69, 9.17) is 0 Å². The van der Waals surface area contributed by atoms with Gasteiger partial charge in [0.1, 0.15) is 5.82 Å². The van der Waals surface area contributed by atoms with E-state index in [1.165, 1.54) is 28.3 Å². The van der Waals surface area contributed by atoms with Gasteiger partial charge in [0.2, 0.25) is 0 Å². The summed E-state index contributed by atoms with van der Waals surface area (Å²) in [6.45, 7) is 0. The van der Waals surface area contributed by atoms with Crippen LogP contribution in [0.1, 0.15) is 0 Å². The third kappa shape index (κ3) is 7.28. The van der Waals surface area contributed by atoms with E-state index in [-0.39, 0.29) is 5.82 Å². The number of para-hydroxylation sites is 1. The Morgan fingerprint density at radius 3 is 1.30 bits per heavy atom. The smallest absolute Gasteiger partial charge is 0.123 e. The standard InChI is InChI=1S/C58H40FN/c59-51-26-12-24-46(39-51)55-29-14-22-45-23-15-30-56(58(45)55)47-25-13-27-53(40-47)60(57-31-11-10-28-54(57)44-20-8-3-9-21-44)52-34-32-43(33-35-52)50-37-48(41-16-4-1-5-17-41)36-49(38-50)42-18-6-2-7-19-42/h1-40H. The summed E-state index contributed by atoms with van der Waals surface area (Å²) in [7, 11) is 0. The van der Waals surface area contributed by atoms with Crippen molar-refractivity contribution in [3.8, 4) is 66.8 Å². The van der Waals surface area contributed by atoms with Crippen LogP contribution in [-0.2, 0) is 0 Å². The second-order valence-corrected chi connectivity index (χ2v) is 15.1. The number of benzene rings is 10. The van der Waals surface area contributed by atoms with Crippen LogP contribution in [0.2, 0.25) is 0 Å². The van der Waals surface area contributed by atoms with E-state index in [1.807, 2.05) is 6.07 Å². The molecular formula is C58H40FN. The average molecular weight is 770 g/mol. The van der Waals surface area contributed by atoms with Crippen molar-refractivity contribution in [1.29, 1.82) is 0 Å². The second kappa shape index (κ2) is 16.2. The van der Waals surface area contributed by atoms with E-state index in [0.29, 0.717) is 0 Å². The van der Waals surface area contributed by atoms with Gasteiger partial charge in [0, 0.05) is 16.9 Å². The zero-order valence-corrected chi connectivity index (χ0v) is 32.9. The Morgan fingerprint density at radius 2 is 0.717 bits per heavy atom. The Balaban J connectivity index is 1.12. The molecule has 10 aromatic rings. The van der Waals surface area contributed by atoms with Crippen molar-refractivity contribution in [2.24, 2.45) is 0 Å². The molecule has 10 rings (SSSR count). The molecule has 0 bridgehead atoms. The lowest BCUT2D eigenvalue weighted by molar-refractivity contribution is 0.628. The fourth-order valence-corrected chi connectivity index (χ4v) is 8.44. The lowest BCUT2D eigenvalue weighted by Crippen LogP contribution is -2.11. The molecule has 0 aliphatic rings. The molecule has 1 nitrogen and oxygen atoms in total. The lowest BCUT2D eigenvalue weighted by atomic mass is 9.91. The molecule has 0 aliphatic carbocycles. The first kappa shape index (κ1) is 36.5. The van der Waals surface area contributed by atoms with E-state index in [2.05, 4.69) is 223 Å². The second-order valence-electron chi connectivity index (χ2n) is 15.1. The maximum atomic E-state index is 14.6. The molecule has 0 saturated heterocycles. The number of nitrogens with zero attached hydrogens (tertiary/aromatic N) is 1. The van der Waals surface area contributed by atoms with Crippen LogP contribution in [0.4, 0.5) is 21.5 Å². The first-order valence-corrected chi connectivity index (χ1v) is 20.4. The SMILES string of the molecule is Fc1cccc(-c2cccc3cccc(-c4cccc(N(c5ccc(-c6cc(-c7ccccc7)cc(-c7ccccc7)c6)cc5)c5ccccc5-c5ccccc5)c4)c23)c1. The van der Waals surface area contributed by atoms with Gasteiger partial charge in [-0.1, -0.05) is 182 Å². The molecule has 0 radical (unpaired) electrons. The van der Waals surface area contributed by atoms with Crippen LogP contribution in [0.5, 0.6) is 0 Å². The van der Waals surface area contributed by atoms with Crippen molar-refractivity contribution in [3.05, 3.63) is 248 Å². The van der Waals surface area contributed by atoms with Crippen LogP contribution in [0.25, 0.3) is 77.5 Å². The van der Waals surface area contributed by atoms with Crippen LogP contribution in [0.3, 0.4) is 0 Å². The van der Waals surface area contributed by atoms with Crippen LogP contribution < -0.4 is 4.90 Å². The molecule has 0 atom stereocenters. The van der Waals surface area contributed by atoms with Crippen molar-refractivity contribution >= 4 is 27.8 Å². The highest BCUT2D eigenvalue weighted by Crippen LogP contribution is 2.44. The Kier molecular flexibility index (Phi) is 9.87. The molecule has 0 unspecified atom stereocenters. The zero-order valence-electron chi connectivity index (χ0n) is 32.9. The fraction of sp³-hybridized carbons (Fsp3) is 0. The van der Waals surface area contributed by atoms with Crippen LogP contribution in [0, 0.1) is 5.82 Å². The van der Waals surface area contributed by atoms with Gasteiger partial charge in [0.25, 0.3) is 0 Å². The number of halogens is 1. The van der Waals surface area contributed by atoms with E-state index >= 15 is 0 Å². The molecule has 284 valence electrons. The van der Waals surface area contributed by atoms with Gasteiger partial charge >= 0.3 is 0 Å². The minimum Gasteiger partial charge on any atom is -0.310 e. The van der Waals surface area contributed by atoms with Gasteiger partial charge < -0.3 is 4.90 Å². The van der Waals surface area contributed by atoms with Gasteiger partial charge in [-0.2, -0.15) is 0 Å². The first-order valence-electron chi connectivity index (χ1n) is 20.4. The highest BCUT2D eigenvalue weighted by Gasteiger charge is 2.19. The van der Waals surface area contributed by atoms with Gasteiger partial charge in [-0.05, 0) is 133 Å². The highest BCUT2D eigenvalue weighted by molar-refractivity contribution is 6.07. The topological polar surface area (TPSA) is 3.24 Å². The van der Waals surface area contributed by atoms with E-state index < -0.39 is 0 Å². The van der Waals surface area contributed by atoms with Crippen molar-refractivity contribution in [1.82, 2.24) is 0 Å². The quantitative estimate of drug-likeness (QED) is 0.141. The summed E-state index contributed by atoms with van der Waals surface area (Å²) < 4.78 is 14.6. The van der Waals surface area contributed by atoms with Crippen LogP contribution in [0.15, 0.2) is 243 Å². The molecule has 10 aromatic carbocycles. The summed E-state index contributed by atoms with van der Waals surface area (Å²) in [4.78, 5) is 2.37. The van der Waals surface area contributed by atoms with Gasteiger partial charge in [0.15, 0.2) is 0 Å². The van der Waals surface area contributed by atoms with Crippen molar-refractivity contribution in [3.63, 3.8) is 0 Å². The molecule has 0 N–H and O–H groups in total. The summed E-state index contributed by atoms with van der Waals surface area (Å²) in [5, 5.41) is 2.20. The molecule has 0 amide bonds. The molecular weight excluding hydrogens is 730 g/mol. The molecule has 0 saturated carbocycles. The predicted molar refractivity (Wildman–Crippen MR) is 251 cm³/mol. The lowest BCUT2D eigenvalue weighted by Gasteiger charge is -2.28. The maximum absolute atomic E-state index is 14.6. The highest BCUT2D eigenvalue weighted by atomic mass is 19.1. The summed E-state index contributed by atoms with van der Waals surface area (Å²) in [5.74, 6) is -0.247. The first-order chi connectivity index (χ1) is 29.7. The van der Waals surface area contributed by atoms with Crippen LogP contribution in [-0.4, -0.2) is 0 Å². The zero-order chi connectivity index (χ0) is 40.3. The van der Waals surface area contributed by atoms with E-state index in [9.17, 15) is 4.39 Å². The molecule has 0 aromatic heterocycles. The third-order valence-electron chi connectivity index (χ3n) is 11.3. The average Bonchev–Trinajstić information content (AvgIpc) is 3.32. The minimum atomic E-state index is -0.247. The molecule has 0 aliphatic heterocycles. The Bertz CT molecular complexity index is 3020. The Labute approximate surface area is 350 Å². The van der Waals surface area contributed by atoms with Gasteiger partial charge in [-0.3, -0.25) is 0 Å². The van der Waals surface area contributed by atoms with Gasteiger partial charge in [-0.15, -0.1) is 0 Å². The largest absolute Gasteiger partial charge is 0.310 e. The predicted octanol–water partition coefficient (Wildman–Crippen LogP) is 16.5. The number of fused-ring (bicyclic) bond motifs is 1. The van der Waals surface area contributed by atoms with E-state index in [1.54, 1.807) is 12.1 Å². The maximum Gasteiger partial charge on any atom is 0.123 e. The van der Waals surface area contributed by atoms with Crippen molar-refractivity contribution in [2.75, 3.05) is 4.90 Å². The van der Waals surface area contributed by atoms with Crippen LogP contribution >= 0.6 is 0 Å². The van der Waals surface area contributed by atoms with Crippen molar-refractivity contribution in [2.45, 2.75) is 0 Å². The summed E-state index contributed by atoms with van der Waals surface area (Å²) in [5.41, 5.74) is 16.5. The number of hydrogen-bond acceptors (Lipinski definition) is 1. The summed E-state index contributed by atoms with van der Waals surface area (Å²) in [6, 6.07) is 84.6. The minimum absolute atomic E-state index is 0.247. The molecule has 0 fully saturated rings. The molecule has 60 heavy (non-hydrogen) atoms. The molecule has 0 spiro atoms. The van der Waals surface area contributed by atoms with E-state index in [0.717, 1.165) is 72.3 Å². The number of rotatable bonds is 9. The normalized spacial score (nSPS) is 11.1. The van der Waals surface area contributed by atoms with Gasteiger partial charge in [-0.25, -0.2) is 4.39 Å².